The van der Waals surface area contributed by atoms with Gasteiger partial charge in [-0.05, 0) is 24.1 Å². The molecule has 5 heteroatoms. The van der Waals surface area contributed by atoms with Crippen molar-refractivity contribution in [2.75, 3.05) is 18.1 Å². The molecule has 1 aromatic heterocycles. The second kappa shape index (κ2) is 5.46. The van der Waals surface area contributed by atoms with E-state index in [1.807, 2.05) is 11.8 Å². The van der Waals surface area contributed by atoms with E-state index >= 15 is 0 Å². The van der Waals surface area contributed by atoms with Crippen LogP contribution in [0.2, 0.25) is 0 Å². The summed E-state index contributed by atoms with van der Waals surface area (Å²) < 4.78 is 5.58. The lowest BCUT2D eigenvalue weighted by Crippen LogP contribution is -2.34. The number of nitrogens with zero attached hydrogens (tertiary/aromatic N) is 2. The zero-order valence-corrected chi connectivity index (χ0v) is 12.9. The summed E-state index contributed by atoms with van der Waals surface area (Å²) in [6.45, 7) is 3.13. The van der Waals surface area contributed by atoms with Crippen LogP contribution in [0.4, 0.5) is 0 Å². The van der Waals surface area contributed by atoms with Crippen LogP contribution >= 0.6 is 11.8 Å². The molecule has 0 bridgehead atoms. The fourth-order valence-corrected chi connectivity index (χ4v) is 4.66. The minimum absolute atomic E-state index is 0.324. The smallest absolute Gasteiger partial charge is 0.232 e. The number of thioether (sulfide) groups is 1. The minimum Gasteiger partial charge on any atom is -0.339 e. The SMILES string of the molecule is CCNC1CSCC1c1nc(C2Cc3ccccc32)no1. The molecule has 1 aliphatic heterocycles. The average Bonchev–Trinajstić information content (AvgIpc) is 3.10. The van der Waals surface area contributed by atoms with Gasteiger partial charge >= 0.3 is 0 Å². The summed E-state index contributed by atoms with van der Waals surface area (Å²) in [5.74, 6) is 4.54. The number of rotatable bonds is 4. The molecule has 4 nitrogen and oxygen atoms in total. The predicted octanol–water partition coefficient (Wildman–Crippen LogP) is 2.57. The highest BCUT2D eigenvalue weighted by molar-refractivity contribution is 7.99. The number of nitrogens with one attached hydrogen (secondary N) is 1. The van der Waals surface area contributed by atoms with Gasteiger partial charge < -0.3 is 9.84 Å². The Balaban J connectivity index is 1.54. The van der Waals surface area contributed by atoms with Gasteiger partial charge in [-0.15, -0.1) is 0 Å². The number of likely N-dealkylation sites (N-methyl/N-ethyl adjacent to an activating group) is 1. The van der Waals surface area contributed by atoms with Crippen molar-refractivity contribution >= 4 is 11.8 Å². The maximum Gasteiger partial charge on any atom is 0.232 e. The molecule has 0 saturated carbocycles. The van der Waals surface area contributed by atoms with E-state index in [9.17, 15) is 0 Å². The van der Waals surface area contributed by atoms with Crippen molar-refractivity contribution in [1.82, 2.24) is 15.5 Å². The second-order valence-corrected chi connectivity index (χ2v) is 6.83. The van der Waals surface area contributed by atoms with Gasteiger partial charge in [-0.3, -0.25) is 0 Å². The summed E-state index contributed by atoms with van der Waals surface area (Å²) in [4.78, 5) is 4.71. The first kappa shape index (κ1) is 13.3. The number of hydrogen-bond acceptors (Lipinski definition) is 5. The summed E-state index contributed by atoms with van der Waals surface area (Å²) in [6, 6.07) is 8.99. The molecule has 3 atom stereocenters. The maximum atomic E-state index is 5.58. The number of fused-ring (bicyclic) bond motifs is 1. The van der Waals surface area contributed by atoms with Gasteiger partial charge in [-0.2, -0.15) is 16.7 Å². The van der Waals surface area contributed by atoms with Crippen LogP contribution in [0.5, 0.6) is 0 Å². The Labute approximate surface area is 128 Å². The Morgan fingerprint density at radius 1 is 1.33 bits per heavy atom. The molecular weight excluding hydrogens is 282 g/mol. The number of aromatic nitrogens is 2. The van der Waals surface area contributed by atoms with Crippen LogP contribution in [0.15, 0.2) is 28.8 Å². The number of benzene rings is 1. The average molecular weight is 301 g/mol. The van der Waals surface area contributed by atoms with Crippen LogP contribution in [0, 0.1) is 0 Å². The lowest BCUT2D eigenvalue weighted by molar-refractivity contribution is 0.336. The van der Waals surface area contributed by atoms with Gasteiger partial charge in [-0.25, -0.2) is 0 Å². The molecule has 110 valence electrons. The Morgan fingerprint density at radius 2 is 2.24 bits per heavy atom. The molecule has 0 radical (unpaired) electrons. The van der Waals surface area contributed by atoms with Crippen molar-refractivity contribution in [3.05, 3.63) is 47.1 Å². The van der Waals surface area contributed by atoms with Crippen molar-refractivity contribution in [1.29, 1.82) is 0 Å². The Kier molecular flexibility index (Phi) is 3.47. The van der Waals surface area contributed by atoms with E-state index in [-0.39, 0.29) is 0 Å². The zero-order valence-electron chi connectivity index (χ0n) is 12.1. The third-order valence-corrected chi connectivity index (χ3v) is 5.68. The Morgan fingerprint density at radius 3 is 3.10 bits per heavy atom. The molecule has 1 N–H and O–H groups in total. The summed E-state index contributed by atoms with van der Waals surface area (Å²) in [6.07, 6.45) is 1.03. The van der Waals surface area contributed by atoms with E-state index in [1.165, 1.54) is 11.1 Å². The molecule has 3 unspecified atom stereocenters. The molecule has 21 heavy (non-hydrogen) atoms. The standard InChI is InChI=1S/C16H19N3OS/c1-2-17-14-9-21-8-13(14)16-18-15(19-20-16)12-7-10-5-3-4-6-11(10)12/h3-6,12-14,17H,2,7-9H2,1H3. The normalized spacial score (nSPS) is 27.4. The first-order valence-electron chi connectivity index (χ1n) is 7.59. The van der Waals surface area contributed by atoms with Gasteiger partial charge in [0.15, 0.2) is 5.82 Å². The largest absolute Gasteiger partial charge is 0.339 e. The van der Waals surface area contributed by atoms with Crippen LogP contribution in [0.1, 0.15) is 41.6 Å². The third kappa shape index (κ3) is 2.28. The summed E-state index contributed by atoms with van der Waals surface area (Å²) in [7, 11) is 0. The molecule has 2 aromatic rings. The van der Waals surface area contributed by atoms with E-state index < -0.39 is 0 Å². The minimum atomic E-state index is 0.324. The predicted molar refractivity (Wildman–Crippen MR) is 83.8 cm³/mol. The molecule has 0 spiro atoms. The highest BCUT2D eigenvalue weighted by Crippen LogP contribution is 2.39. The molecule has 0 amide bonds. The van der Waals surface area contributed by atoms with Crippen LogP contribution < -0.4 is 5.32 Å². The van der Waals surface area contributed by atoms with Crippen molar-refractivity contribution in [3.63, 3.8) is 0 Å². The molecule has 4 rings (SSSR count). The van der Waals surface area contributed by atoms with E-state index in [0.29, 0.717) is 17.9 Å². The lowest BCUT2D eigenvalue weighted by atomic mass is 9.77. The fourth-order valence-electron chi connectivity index (χ4n) is 3.29. The highest BCUT2D eigenvalue weighted by atomic mass is 32.2. The van der Waals surface area contributed by atoms with E-state index in [0.717, 1.165) is 36.2 Å². The van der Waals surface area contributed by atoms with E-state index in [4.69, 9.17) is 9.51 Å². The second-order valence-electron chi connectivity index (χ2n) is 5.75. The molecule has 1 saturated heterocycles. The first-order valence-corrected chi connectivity index (χ1v) is 8.74. The van der Waals surface area contributed by atoms with Crippen LogP contribution in [0.3, 0.4) is 0 Å². The van der Waals surface area contributed by atoms with Gasteiger partial charge in [0.1, 0.15) is 0 Å². The van der Waals surface area contributed by atoms with Crippen LogP contribution in [0.25, 0.3) is 0 Å². The molecule has 2 aliphatic rings. The van der Waals surface area contributed by atoms with Gasteiger partial charge in [0.2, 0.25) is 5.89 Å². The number of hydrogen-bond donors (Lipinski definition) is 1. The third-order valence-electron chi connectivity index (χ3n) is 4.49. The van der Waals surface area contributed by atoms with Crippen molar-refractivity contribution in [2.24, 2.45) is 0 Å². The molecule has 1 aliphatic carbocycles. The quantitative estimate of drug-likeness (QED) is 0.940. The first-order chi connectivity index (χ1) is 10.4. The van der Waals surface area contributed by atoms with Crippen LogP contribution in [-0.4, -0.2) is 34.2 Å². The molecule has 2 heterocycles. The molecule has 1 fully saturated rings. The fraction of sp³-hybridized carbons (Fsp3) is 0.500. The Bertz CT molecular complexity index is 642. The van der Waals surface area contributed by atoms with Crippen molar-refractivity contribution < 1.29 is 4.52 Å². The monoisotopic (exact) mass is 301 g/mol. The van der Waals surface area contributed by atoms with Crippen LogP contribution in [-0.2, 0) is 6.42 Å². The summed E-state index contributed by atoms with van der Waals surface area (Å²) in [5.41, 5.74) is 2.77. The van der Waals surface area contributed by atoms with Crippen molar-refractivity contribution in [3.8, 4) is 0 Å². The maximum absolute atomic E-state index is 5.58. The van der Waals surface area contributed by atoms with Gasteiger partial charge in [0.25, 0.3) is 0 Å². The van der Waals surface area contributed by atoms with E-state index in [2.05, 4.69) is 41.7 Å². The zero-order chi connectivity index (χ0) is 14.2. The van der Waals surface area contributed by atoms with E-state index in [1.54, 1.807) is 0 Å². The van der Waals surface area contributed by atoms with Gasteiger partial charge in [-0.1, -0.05) is 36.3 Å². The lowest BCUT2D eigenvalue weighted by Gasteiger charge is -2.27. The molecule has 1 aromatic carbocycles. The topological polar surface area (TPSA) is 51.0 Å². The highest BCUT2D eigenvalue weighted by Gasteiger charge is 2.35. The van der Waals surface area contributed by atoms with Crippen molar-refractivity contribution in [2.45, 2.75) is 31.2 Å². The molecular formula is C16H19N3OS. The summed E-state index contributed by atoms with van der Waals surface area (Å²) in [5, 5.41) is 7.78. The Hall–Kier alpha value is -1.33. The summed E-state index contributed by atoms with van der Waals surface area (Å²) >= 11 is 1.96. The van der Waals surface area contributed by atoms with Gasteiger partial charge in [0.05, 0.1) is 11.8 Å². The van der Waals surface area contributed by atoms with Gasteiger partial charge in [0, 0.05) is 17.5 Å².